The number of methoxy groups -OCH3 is 1. The van der Waals surface area contributed by atoms with Gasteiger partial charge in [0.1, 0.15) is 5.75 Å². The Labute approximate surface area is 120 Å². The molecule has 0 saturated carbocycles. The summed E-state index contributed by atoms with van der Waals surface area (Å²) in [6.07, 6.45) is 0.767. The van der Waals surface area contributed by atoms with Crippen molar-refractivity contribution in [3.63, 3.8) is 0 Å². The van der Waals surface area contributed by atoms with Gasteiger partial charge in [0.2, 0.25) is 5.13 Å². The number of nitrogens with zero attached hydrogens (tertiary/aromatic N) is 2. The zero-order valence-corrected chi connectivity index (χ0v) is 12.1. The van der Waals surface area contributed by atoms with Crippen molar-refractivity contribution in [3.8, 4) is 5.75 Å². The highest BCUT2D eigenvalue weighted by Crippen LogP contribution is 2.28. The second kappa shape index (κ2) is 7.32. The summed E-state index contributed by atoms with van der Waals surface area (Å²) in [5.74, 6) is 1.65. The van der Waals surface area contributed by atoms with Gasteiger partial charge in [0.25, 0.3) is 0 Å². The van der Waals surface area contributed by atoms with E-state index in [4.69, 9.17) is 9.84 Å². The third kappa shape index (κ3) is 4.38. The normalized spacial score (nSPS) is 10.4. The van der Waals surface area contributed by atoms with Gasteiger partial charge in [-0.25, -0.2) is 0 Å². The summed E-state index contributed by atoms with van der Waals surface area (Å²) in [5.41, 5.74) is 0.919. The molecule has 0 saturated heterocycles. The number of nitrogens with one attached hydrogen (secondary N) is 1. The summed E-state index contributed by atoms with van der Waals surface area (Å²) in [5, 5.41) is 20.8. The molecule has 0 radical (unpaired) electrons. The highest BCUT2D eigenvalue weighted by Gasteiger charge is 2.05. The molecule has 2 aromatic rings. The lowest BCUT2D eigenvalue weighted by atomic mass is 10.3. The first-order valence-electron chi connectivity index (χ1n) is 5.80. The van der Waals surface area contributed by atoms with E-state index in [0.29, 0.717) is 0 Å². The van der Waals surface area contributed by atoms with Gasteiger partial charge in [0.05, 0.1) is 7.11 Å². The minimum atomic E-state index is 0.209. The first-order chi connectivity index (χ1) is 9.31. The Morgan fingerprint density at radius 2 is 2.32 bits per heavy atom. The molecule has 7 heteroatoms. The minimum absolute atomic E-state index is 0.209. The monoisotopic (exact) mass is 297 g/mol. The molecule has 0 aliphatic rings. The van der Waals surface area contributed by atoms with Crippen molar-refractivity contribution >= 4 is 33.9 Å². The Morgan fingerprint density at radius 1 is 1.42 bits per heavy atom. The fourth-order valence-electron chi connectivity index (χ4n) is 1.37. The van der Waals surface area contributed by atoms with Crippen LogP contribution in [-0.2, 0) is 0 Å². The lowest BCUT2D eigenvalue weighted by Crippen LogP contribution is -1.90. The Kier molecular flexibility index (Phi) is 5.44. The van der Waals surface area contributed by atoms with Crippen molar-refractivity contribution in [2.75, 3.05) is 24.8 Å². The molecular weight excluding hydrogens is 282 g/mol. The van der Waals surface area contributed by atoms with Gasteiger partial charge in [-0.05, 0) is 18.6 Å². The molecule has 1 heterocycles. The molecule has 2 N–H and O–H groups in total. The van der Waals surface area contributed by atoms with Crippen molar-refractivity contribution < 1.29 is 9.84 Å². The second-order valence-corrected chi connectivity index (χ2v) is 5.98. The highest BCUT2D eigenvalue weighted by molar-refractivity contribution is 8.01. The number of aliphatic hydroxyl groups is 1. The molecule has 0 atom stereocenters. The van der Waals surface area contributed by atoms with Gasteiger partial charge in [-0.3, -0.25) is 0 Å². The van der Waals surface area contributed by atoms with Gasteiger partial charge in [-0.1, -0.05) is 29.2 Å². The third-order valence-electron chi connectivity index (χ3n) is 2.26. The largest absolute Gasteiger partial charge is 0.497 e. The molecule has 5 nitrogen and oxygen atoms in total. The maximum absolute atomic E-state index is 8.72. The molecular formula is C12H15N3O2S2. The molecule has 1 aromatic carbocycles. The summed E-state index contributed by atoms with van der Waals surface area (Å²) < 4.78 is 6.06. The number of aliphatic hydroxyl groups excluding tert-OH is 1. The van der Waals surface area contributed by atoms with Gasteiger partial charge >= 0.3 is 0 Å². The average molecular weight is 297 g/mol. The Hall–Kier alpha value is -1.31. The molecule has 19 heavy (non-hydrogen) atoms. The van der Waals surface area contributed by atoms with Crippen LogP contribution < -0.4 is 10.1 Å². The molecule has 0 unspecified atom stereocenters. The van der Waals surface area contributed by atoms with E-state index in [1.54, 1.807) is 18.9 Å². The zero-order valence-electron chi connectivity index (χ0n) is 10.5. The standard InChI is InChI=1S/C12H15N3O2S2/c1-17-10-5-2-4-9(8-10)13-11-14-15-12(19-11)18-7-3-6-16/h2,4-5,8,16H,3,6-7H2,1H3,(H,13,14). The number of rotatable bonds is 7. The smallest absolute Gasteiger partial charge is 0.210 e. The quantitative estimate of drug-likeness (QED) is 0.605. The average Bonchev–Trinajstić information content (AvgIpc) is 2.87. The molecule has 1 aromatic heterocycles. The second-order valence-electron chi connectivity index (χ2n) is 3.66. The van der Waals surface area contributed by atoms with Gasteiger partial charge in [-0.2, -0.15) is 0 Å². The Balaban J connectivity index is 1.95. The van der Waals surface area contributed by atoms with E-state index in [1.807, 2.05) is 24.3 Å². The predicted molar refractivity (Wildman–Crippen MR) is 78.6 cm³/mol. The van der Waals surface area contributed by atoms with Gasteiger partial charge in [0.15, 0.2) is 4.34 Å². The molecule has 0 spiro atoms. The molecule has 0 bridgehead atoms. The van der Waals surface area contributed by atoms with Crippen LogP contribution in [0.15, 0.2) is 28.6 Å². The van der Waals surface area contributed by atoms with Gasteiger partial charge in [-0.15, -0.1) is 10.2 Å². The molecule has 0 aliphatic heterocycles. The Morgan fingerprint density at radius 3 is 3.11 bits per heavy atom. The van der Waals surface area contributed by atoms with E-state index in [-0.39, 0.29) is 6.61 Å². The van der Waals surface area contributed by atoms with Crippen molar-refractivity contribution in [1.82, 2.24) is 10.2 Å². The predicted octanol–water partition coefficient (Wildman–Crippen LogP) is 2.76. The number of hydrogen-bond donors (Lipinski definition) is 2. The number of hydrogen-bond acceptors (Lipinski definition) is 7. The number of benzene rings is 1. The summed E-state index contributed by atoms with van der Waals surface area (Å²) in [6.45, 7) is 0.209. The van der Waals surface area contributed by atoms with E-state index in [0.717, 1.165) is 33.1 Å². The Bertz CT molecular complexity index is 519. The summed E-state index contributed by atoms with van der Waals surface area (Å²) in [4.78, 5) is 0. The molecule has 102 valence electrons. The van der Waals surface area contributed by atoms with Crippen molar-refractivity contribution in [1.29, 1.82) is 0 Å². The van der Waals surface area contributed by atoms with Crippen molar-refractivity contribution in [2.24, 2.45) is 0 Å². The first kappa shape index (κ1) is 14.1. The van der Waals surface area contributed by atoms with Crippen LogP contribution in [-0.4, -0.2) is 34.8 Å². The van der Waals surface area contributed by atoms with Gasteiger partial charge < -0.3 is 15.2 Å². The van der Waals surface area contributed by atoms with Crippen molar-refractivity contribution in [3.05, 3.63) is 24.3 Å². The number of anilines is 2. The van der Waals surface area contributed by atoms with E-state index in [9.17, 15) is 0 Å². The van der Waals surface area contributed by atoms with Crippen LogP contribution in [0, 0.1) is 0 Å². The van der Waals surface area contributed by atoms with Crippen LogP contribution in [0.25, 0.3) is 0 Å². The van der Waals surface area contributed by atoms with Gasteiger partial charge in [0, 0.05) is 24.1 Å². The minimum Gasteiger partial charge on any atom is -0.497 e. The van der Waals surface area contributed by atoms with E-state index in [2.05, 4.69) is 15.5 Å². The molecule has 2 rings (SSSR count). The number of ether oxygens (including phenoxy) is 1. The highest BCUT2D eigenvalue weighted by atomic mass is 32.2. The lowest BCUT2D eigenvalue weighted by molar-refractivity contribution is 0.296. The summed E-state index contributed by atoms with van der Waals surface area (Å²) in [6, 6.07) is 7.66. The molecule has 0 aliphatic carbocycles. The number of thioether (sulfide) groups is 1. The van der Waals surface area contributed by atoms with Crippen LogP contribution in [0.4, 0.5) is 10.8 Å². The summed E-state index contributed by atoms with van der Waals surface area (Å²) in [7, 11) is 1.64. The summed E-state index contributed by atoms with van der Waals surface area (Å²) >= 11 is 3.10. The third-order valence-corrected chi connectivity index (χ3v) is 4.31. The molecule has 0 fully saturated rings. The SMILES string of the molecule is COc1cccc(Nc2nnc(SCCCO)s2)c1. The number of aromatic nitrogens is 2. The van der Waals surface area contributed by atoms with E-state index < -0.39 is 0 Å². The van der Waals surface area contributed by atoms with Crippen LogP contribution in [0.1, 0.15) is 6.42 Å². The van der Waals surface area contributed by atoms with Crippen LogP contribution in [0.2, 0.25) is 0 Å². The fraction of sp³-hybridized carbons (Fsp3) is 0.333. The maximum Gasteiger partial charge on any atom is 0.210 e. The maximum atomic E-state index is 8.72. The van der Waals surface area contributed by atoms with Crippen LogP contribution in [0.5, 0.6) is 5.75 Å². The zero-order chi connectivity index (χ0) is 13.5. The topological polar surface area (TPSA) is 67.3 Å². The van der Waals surface area contributed by atoms with Crippen LogP contribution >= 0.6 is 23.1 Å². The first-order valence-corrected chi connectivity index (χ1v) is 7.60. The van der Waals surface area contributed by atoms with Crippen molar-refractivity contribution in [2.45, 2.75) is 10.8 Å². The van der Waals surface area contributed by atoms with E-state index in [1.165, 1.54) is 11.3 Å². The molecule has 0 amide bonds. The fourth-order valence-corrected chi connectivity index (χ4v) is 3.13. The lowest BCUT2D eigenvalue weighted by Gasteiger charge is -2.04. The van der Waals surface area contributed by atoms with E-state index >= 15 is 0 Å². The van der Waals surface area contributed by atoms with Crippen LogP contribution in [0.3, 0.4) is 0 Å².